The first kappa shape index (κ1) is 14.5. The molecule has 0 fully saturated rings. The Balaban J connectivity index is 3.80. The highest BCUT2D eigenvalue weighted by Crippen LogP contribution is 1.96. The minimum absolute atomic E-state index is 0.0968. The van der Waals surface area contributed by atoms with Gasteiger partial charge in [0.15, 0.2) is 5.96 Å². The maximum atomic E-state index is 11.1. The third-order valence-electron chi connectivity index (χ3n) is 1.58. The van der Waals surface area contributed by atoms with Gasteiger partial charge in [-0.05, 0) is 20.8 Å². The smallest absolute Gasteiger partial charge is 0.316 e. The summed E-state index contributed by atoms with van der Waals surface area (Å²) in [6, 6.07) is -0.127. The first-order valence-electron chi connectivity index (χ1n) is 5.25. The van der Waals surface area contributed by atoms with Crippen LogP contribution in [-0.2, 0) is 0 Å². The van der Waals surface area contributed by atoms with E-state index in [9.17, 15) is 4.79 Å². The quantitative estimate of drug-likeness (QED) is 0.361. The van der Waals surface area contributed by atoms with Crippen molar-refractivity contribution >= 4 is 12.0 Å². The standard InChI is InChI=1S/C10H23N5O/c1-10(2,3)14-8(11)12-6-7-13-9(16)15(4)5/h6-7H2,1-5H3,(H,13,16)(H3,11,12,14). The number of carbonyl (C=O) groups is 1. The van der Waals surface area contributed by atoms with Crippen LogP contribution >= 0.6 is 0 Å². The Morgan fingerprint density at radius 3 is 2.38 bits per heavy atom. The van der Waals surface area contributed by atoms with Gasteiger partial charge in [-0.3, -0.25) is 4.99 Å². The number of rotatable bonds is 3. The van der Waals surface area contributed by atoms with Gasteiger partial charge in [0.05, 0.1) is 6.54 Å². The van der Waals surface area contributed by atoms with E-state index in [1.165, 1.54) is 4.90 Å². The molecule has 0 aliphatic rings. The molecule has 0 radical (unpaired) electrons. The van der Waals surface area contributed by atoms with Gasteiger partial charge >= 0.3 is 6.03 Å². The number of amides is 2. The van der Waals surface area contributed by atoms with E-state index in [4.69, 9.17) is 5.73 Å². The molecule has 0 rings (SSSR count). The lowest BCUT2D eigenvalue weighted by Crippen LogP contribution is -2.45. The number of carbonyl (C=O) groups excluding carboxylic acids is 1. The van der Waals surface area contributed by atoms with E-state index in [1.54, 1.807) is 14.1 Å². The molecule has 0 saturated carbocycles. The number of nitrogens with one attached hydrogen (secondary N) is 2. The van der Waals surface area contributed by atoms with Crippen LogP contribution in [0.1, 0.15) is 20.8 Å². The van der Waals surface area contributed by atoms with Gasteiger partial charge in [0.1, 0.15) is 0 Å². The summed E-state index contributed by atoms with van der Waals surface area (Å²) < 4.78 is 0. The van der Waals surface area contributed by atoms with E-state index in [0.29, 0.717) is 19.0 Å². The number of nitrogens with zero attached hydrogens (tertiary/aromatic N) is 2. The molecule has 0 aromatic heterocycles. The highest BCUT2D eigenvalue weighted by molar-refractivity contribution is 5.78. The number of hydrogen-bond donors (Lipinski definition) is 3. The second-order valence-electron chi connectivity index (χ2n) is 4.77. The lowest BCUT2D eigenvalue weighted by atomic mass is 10.1. The number of nitrogens with two attached hydrogens (primary N) is 1. The summed E-state index contributed by atoms with van der Waals surface area (Å²) in [6.45, 7) is 6.95. The summed E-state index contributed by atoms with van der Waals surface area (Å²) in [5.41, 5.74) is 5.56. The van der Waals surface area contributed by atoms with E-state index < -0.39 is 0 Å². The van der Waals surface area contributed by atoms with Crippen LogP contribution in [0.3, 0.4) is 0 Å². The zero-order valence-corrected chi connectivity index (χ0v) is 10.8. The molecule has 0 aromatic carbocycles. The van der Waals surface area contributed by atoms with Gasteiger partial charge in [-0.1, -0.05) is 0 Å². The number of urea groups is 1. The first-order chi connectivity index (χ1) is 7.22. The minimum atomic E-state index is -0.127. The Bertz CT molecular complexity index is 254. The highest BCUT2D eigenvalue weighted by atomic mass is 16.2. The third kappa shape index (κ3) is 7.90. The molecule has 4 N–H and O–H groups in total. The van der Waals surface area contributed by atoms with Crippen LogP contribution in [0.15, 0.2) is 4.99 Å². The summed E-state index contributed by atoms with van der Waals surface area (Å²) in [7, 11) is 3.38. The van der Waals surface area contributed by atoms with Crippen molar-refractivity contribution in [3.8, 4) is 0 Å². The average molecular weight is 229 g/mol. The molecule has 6 nitrogen and oxygen atoms in total. The molecule has 0 atom stereocenters. The molecule has 0 saturated heterocycles. The van der Waals surface area contributed by atoms with Crippen LogP contribution < -0.4 is 16.4 Å². The minimum Gasteiger partial charge on any atom is -0.370 e. The van der Waals surface area contributed by atoms with E-state index in [2.05, 4.69) is 15.6 Å². The Hall–Kier alpha value is -1.46. The van der Waals surface area contributed by atoms with Gasteiger partial charge in [0, 0.05) is 26.2 Å². The zero-order chi connectivity index (χ0) is 12.8. The fourth-order valence-corrected chi connectivity index (χ4v) is 0.921. The van der Waals surface area contributed by atoms with Crippen molar-refractivity contribution in [3.63, 3.8) is 0 Å². The van der Waals surface area contributed by atoms with E-state index >= 15 is 0 Å². The molecule has 6 heteroatoms. The number of aliphatic imine (C=N–C) groups is 1. The van der Waals surface area contributed by atoms with Crippen LogP contribution in [0, 0.1) is 0 Å². The first-order valence-corrected chi connectivity index (χ1v) is 5.25. The predicted octanol–water partition coefficient (Wildman–Crippen LogP) is -0.0396. The maximum absolute atomic E-state index is 11.1. The summed E-state index contributed by atoms with van der Waals surface area (Å²) in [5.74, 6) is 0.395. The Morgan fingerprint density at radius 2 is 1.94 bits per heavy atom. The molecule has 0 heterocycles. The lowest BCUT2D eigenvalue weighted by molar-refractivity contribution is 0.218. The van der Waals surface area contributed by atoms with Gasteiger partial charge in [0.2, 0.25) is 0 Å². The van der Waals surface area contributed by atoms with E-state index in [-0.39, 0.29) is 11.6 Å². The second-order valence-corrected chi connectivity index (χ2v) is 4.77. The Kier molecular flexibility index (Phi) is 5.63. The summed E-state index contributed by atoms with van der Waals surface area (Å²) in [6.07, 6.45) is 0. The lowest BCUT2D eigenvalue weighted by Gasteiger charge is -2.21. The molecule has 0 unspecified atom stereocenters. The Morgan fingerprint density at radius 1 is 1.38 bits per heavy atom. The molecule has 0 aliphatic carbocycles. The molecule has 0 spiro atoms. The molecular weight excluding hydrogens is 206 g/mol. The number of guanidine groups is 1. The summed E-state index contributed by atoms with van der Waals surface area (Å²) in [5, 5.41) is 5.73. The van der Waals surface area contributed by atoms with Gasteiger partial charge in [-0.2, -0.15) is 0 Å². The van der Waals surface area contributed by atoms with Crippen molar-refractivity contribution in [3.05, 3.63) is 0 Å². The second kappa shape index (κ2) is 6.19. The van der Waals surface area contributed by atoms with Crippen LogP contribution in [0.5, 0.6) is 0 Å². The summed E-state index contributed by atoms with van der Waals surface area (Å²) >= 11 is 0. The predicted molar refractivity (Wildman–Crippen MR) is 66.5 cm³/mol. The average Bonchev–Trinajstić information content (AvgIpc) is 2.08. The van der Waals surface area contributed by atoms with E-state index in [0.717, 1.165) is 0 Å². The molecule has 0 bridgehead atoms. The number of hydrogen-bond acceptors (Lipinski definition) is 2. The van der Waals surface area contributed by atoms with Gasteiger partial charge in [0.25, 0.3) is 0 Å². The van der Waals surface area contributed by atoms with Crippen molar-refractivity contribution in [2.45, 2.75) is 26.3 Å². The fraction of sp³-hybridized carbons (Fsp3) is 0.800. The fourth-order valence-electron chi connectivity index (χ4n) is 0.921. The third-order valence-corrected chi connectivity index (χ3v) is 1.58. The van der Waals surface area contributed by atoms with Crippen LogP contribution in [0.2, 0.25) is 0 Å². The van der Waals surface area contributed by atoms with Gasteiger partial charge in [-0.15, -0.1) is 0 Å². The molecule has 2 amide bonds. The normalized spacial score (nSPS) is 12.2. The molecule has 0 aromatic rings. The topological polar surface area (TPSA) is 82.8 Å². The molecule has 94 valence electrons. The van der Waals surface area contributed by atoms with Crippen molar-refractivity contribution in [2.24, 2.45) is 10.7 Å². The SMILES string of the molecule is CN(C)C(=O)NCCN=C(N)NC(C)(C)C. The molecular formula is C10H23N5O. The maximum Gasteiger partial charge on any atom is 0.316 e. The van der Waals surface area contributed by atoms with Crippen molar-refractivity contribution in [1.82, 2.24) is 15.5 Å². The largest absolute Gasteiger partial charge is 0.370 e. The van der Waals surface area contributed by atoms with Crippen LogP contribution in [0.4, 0.5) is 4.79 Å². The van der Waals surface area contributed by atoms with E-state index in [1.807, 2.05) is 20.8 Å². The monoisotopic (exact) mass is 229 g/mol. The summed E-state index contributed by atoms with van der Waals surface area (Å²) in [4.78, 5) is 16.7. The van der Waals surface area contributed by atoms with Gasteiger partial charge in [-0.25, -0.2) is 4.79 Å². The van der Waals surface area contributed by atoms with Crippen LogP contribution in [-0.4, -0.2) is 49.6 Å². The van der Waals surface area contributed by atoms with Crippen molar-refractivity contribution in [2.75, 3.05) is 27.2 Å². The molecule has 16 heavy (non-hydrogen) atoms. The molecule has 0 aliphatic heterocycles. The highest BCUT2D eigenvalue weighted by Gasteiger charge is 2.09. The van der Waals surface area contributed by atoms with Crippen LogP contribution in [0.25, 0.3) is 0 Å². The van der Waals surface area contributed by atoms with Gasteiger partial charge < -0.3 is 21.3 Å². The Labute approximate surface area is 97.3 Å². The van der Waals surface area contributed by atoms with Crippen molar-refractivity contribution in [1.29, 1.82) is 0 Å². The zero-order valence-electron chi connectivity index (χ0n) is 10.8. The van der Waals surface area contributed by atoms with Crippen molar-refractivity contribution < 1.29 is 4.79 Å².